The SMILES string of the molecule is COc1ccc(NC2=NN(c3ccccc3)C(=O)C2)cc1C. The molecule has 0 aliphatic carbocycles. The van der Waals surface area contributed by atoms with Gasteiger partial charge in [-0.2, -0.15) is 10.1 Å². The standard InChI is InChI=1S/C17H17N3O2/c1-12-10-13(8-9-15(12)22-2)18-16-11-17(21)20(19-16)14-6-4-3-5-7-14/h3-10H,11H2,1-2H3,(H,18,19). The number of hydrazone groups is 1. The van der Waals surface area contributed by atoms with E-state index >= 15 is 0 Å². The smallest absolute Gasteiger partial charge is 0.255 e. The van der Waals surface area contributed by atoms with Gasteiger partial charge >= 0.3 is 0 Å². The Hall–Kier alpha value is -2.82. The third kappa shape index (κ3) is 2.79. The van der Waals surface area contributed by atoms with E-state index < -0.39 is 0 Å². The highest BCUT2D eigenvalue weighted by molar-refractivity contribution is 6.16. The molecule has 1 amide bonds. The van der Waals surface area contributed by atoms with Gasteiger partial charge in [0.05, 0.1) is 19.2 Å². The summed E-state index contributed by atoms with van der Waals surface area (Å²) < 4.78 is 5.24. The lowest BCUT2D eigenvalue weighted by Gasteiger charge is -2.10. The molecule has 0 radical (unpaired) electrons. The van der Waals surface area contributed by atoms with Gasteiger partial charge in [-0.3, -0.25) is 4.79 Å². The molecular weight excluding hydrogens is 278 g/mol. The van der Waals surface area contributed by atoms with Crippen LogP contribution < -0.4 is 15.1 Å². The van der Waals surface area contributed by atoms with Crippen molar-refractivity contribution >= 4 is 23.1 Å². The number of rotatable bonds is 3. The fourth-order valence-corrected chi connectivity index (χ4v) is 2.39. The van der Waals surface area contributed by atoms with E-state index in [1.54, 1.807) is 7.11 Å². The molecule has 0 bridgehead atoms. The molecule has 5 nitrogen and oxygen atoms in total. The van der Waals surface area contributed by atoms with E-state index in [9.17, 15) is 4.79 Å². The molecule has 0 saturated carbocycles. The van der Waals surface area contributed by atoms with Crippen LogP contribution in [-0.2, 0) is 4.79 Å². The third-order valence-electron chi connectivity index (χ3n) is 3.46. The number of benzene rings is 2. The fourth-order valence-electron chi connectivity index (χ4n) is 2.39. The fraction of sp³-hybridized carbons (Fsp3) is 0.176. The molecule has 1 heterocycles. The molecular formula is C17H17N3O2. The van der Waals surface area contributed by atoms with Gasteiger partial charge in [0, 0.05) is 5.69 Å². The number of carbonyl (C=O) groups is 1. The lowest BCUT2D eigenvalue weighted by molar-refractivity contribution is -0.116. The zero-order valence-electron chi connectivity index (χ0n) is 12.5. The second-order valence-corrected chi connectivity index (χ2v) is 5.07. The van der Waals surface area contributed by atoms with E-state index in [0.29, 0.717) is 5.84 Å². The van der Waals surface area contributed by atoms with Gasteiger partial charge in [0.1, 0.15) is 11.6 Å². The zero-order chi connectivity index (χ0) is 15.5. The monoisotopic (exact) mass is 295 g/mol. The highest BCUT2D eigenvalue weighted by Gasteiger charge is 2.25. The first kappa shape index (κ1) is 14.1. The van der Waals surface area contributed by atoms with Crippen LogP contribution in [0.15, 0.2) is 53.6 Å². The van der Waals surface area contributed by atoms with Crippen molar-refractivity contribution in [2.75, 3.05) is 17.4 Å². The molecule has 0 spiro atoms. The minimum atomic E-state index is -0.0427. The van der Waals surface area contributed by atoms with Gasteiger partial charge in [0.15, 0.2) is 0 Å². The number of ether oxygens (including phenoxy) is 1. The van der Waals surface area contributed by atoms with Crippen molar-refractivity contribution < 1.29 is 9.53 Å². The van der Waals surface area contributed by atoms with E-state index in [2.05, 4.69) is 10.4 Å². The van der Waals surface area contributed by atoms with Crippen molar-refractivity contribution in [2.24, 2.45) is 5.10 Å². The van der Waals surface area contributed by atoms with Crippen molar-refractivity contribution in [1.82, 2.24) is 0 Å². The van der Waals surface area contributed by atoms with Crippen molar-refractivity contribution in [1.29, 1.82) is 0 Å². The third-order valence-corrected chi connectivity index (χ3v) is 3.46. The number of methoxy groups -OCH3 is 1. The van der Waals surface area contributed by atoms with Crippen LogP contribution in [0.1, 0.15) is 12.0 Å². The Morgan fingerprint density at radius 3 is 2.64 bits per heavy atom. The molecule has 0 aromatic heterocycles. The first-order valence-corrected chi connectivity index (χ1v) is 7.04. The van der Waals surface area contributed by atoms with Crippen molar-refractivity contribution in [2.45, 2.75) is 13.3 Å². The maximum atomic E-state index is 12.1. The second kappa shape index (κ2) is 5.89. The topological polar surface area (TPSA) is 53.9 Å². The summed E-state index contributed by atoms with van der Waals surface area (Å²) in [7, 11) is 1.65. The van der Waals surface area contributed by atoms with E-state index in [0.717, 1.165) is 22.7 Å². The summed E-state index contributed by atoms with van der Waals surface area (Å²) in [5, 5.41) is 8.99. The van der Waals surface area contributed by atoms with Crippen LogP contribution in [-0.4, -0.2) is 18.9 Å². The Morgan fingerprint density at radius 2 is 1.95 bits per heavy atom. The minimum absolute atomic E-state index is 0.0427. The summed E-state index contributed by atoms with van der Waals surface area (Å²) in [6, 6.07) is 15.2. The van der Waals surface area contributed by atoms with Gasteiger partial charge in [0.2, 0.25) is 0 Å². The minimum Gasteiger partial charge on any atom is -0.496 e. The number of amidine groups is 1. The van der Waals surface area contributed by atoms with Crippen LogP contribution in [0.3, 0.4) is 0 Å². The Labute approximate surface area is 129 Å². The number of hydrogen-bond donors (Lipinski definition) is 1. The molecule has 112 valence electrons. The molecule has 0 fully saturated rings. The predicted octanol–water partition coefficient (Wildman–Crippen LogP) is 3.17. The lowest BCUT2D eigenvalue weighted by atomic mass is 10.2. The maximum absolute atomic E-state index is 12.1. The van der Waals surface area contributed by atoms with Crippen molar-refractivity contribution in [3.8, 4) is 5.75 Å². The van der Waals surface area contributed by atoms with Crippen LogP contribution in [0, 0.1) is 6.92 Å². The quantitative estimate of drug-likeness (QED) is 0.946. The van der Waals surface area contributed by atoms with E-state index in [-0.39, 0.29) is 12.3 Å². The lowest BCUT2D eigenvalue weighted by Crippen LogP contribution is -2.19. The highest BCUT2D eigenvalue weighted by atomic mass is 16.5. The molecule has 0 atom stereocenters. The first-order chi connectivity index (χ1) is 10.7. The number of hydrogen-bond acceptors (Lipinski definition) is 4. The van der Waals surface area contributed by atoms with E-state index in [1.165, 1.54) is 5.01 Å². The average molecular weight is 295 g/mol. The molecule has 3 rings (SSSR count). The summed E-state index contributed by atoms with van der Waals surface area (Å²) in [6.07, 6.45) is 0.264. The Kier molecular flexibility index (Phi) is 3.78. The van der Waals surface area contributed by atoms with Crippen LogP contribution >= 0.6 is 0 Å². The second-order valence-electron chi connectivity index (χ2n) is 5.07. The van der Waals surface area contributed by atoms with Crippen LogP contribution in [0.25, 0.3) is 0 Å². The molecule has 22 heavy (non-hydrogen) atoms. The van der Waals surface area contributed by atoms with Gasteiger partial charge in [0.25, 0.3) is 5.91 Å². The van der Waals surface area contributed by atoms with Crippen LogP contribution in [0.4, 0.5) is 11.4 Å². The average Bonchev–Trinajstić information content (AvgIpc) is 2.89. The van der Waals surface area contributed by atoms with Gasteiger partial charge < -0.3 is 10.1 Å². The van der Waals surface area contributed by atoms with Gasteiger partial charge in [-0.1, -0.05) is 18.2 Å². The Balaban J connectivity index is 1.79. The summed E-state index contributed by atoms with van der Waals surface area (Å²) in [6.45, 7) is 1.97. The number of nitrogens with zero attached hydrogens (tertiary/aromatic N) is 2. The molecule has 0 unspecified atom stereocenters. The zero-order valence-corrected chi connectivity index (χ0v) is 12.5. The molecule has 0 saturated heterocycles. The summed E-state index contributed by atoms with van der Waals surface area (Å²) >= 11 is 0. The summed E-state index contributed by atoms with van der Waals surface area (Å²) in [4.78, 5) is 12.1. The van der Waals surface area contributed by atoms with Crippen molar-refractivity contribution in [3.05, 3.63) is 54.1 Å². The largest absolute Gasteiger partial charge is 0.496 e. The molecule has 1 aliphatic rings. The number of carbonyl (C=O) groups excluding carboxylic acids is 1. The molecule has 2 aromatic carbocycles. The van der Waals surface area contributed by atoms with Gasteiger partial charge in [-0.25, -0.2) is 0 Å². The van der Waals surface area contributed by atoms with Crippen LogP contribution in [0.5, 0.6) is 5.75 Å². The number of nitrogens with one attached hydrogen (secondary N) is 1. The first-order valence-electron chi connectivity index (χ1n) is 7.04. The Morgan fingerprint density at radius 1 is 1.18 bits per heavy atom. The maximum Gasteiger partial charge on any atom is 0.255 e. The van der Waals surface area contributed by atoms with Crippen LogP contribution in [0.2, 0.25) is 0 Å². The summed E-state index contributed by atoms with van der Waals surface area (Å²) in [5.74, 6) is 1.43. The van der Waals surface area contributed by atoms with E-state index in [1.807, 2.05) is 55.5 Å². The molecule has 1 aliphatic heterocycles. The molecule has 5 heteroatoms. The number of amides is 1. The van der Waals surface area contributed by atoms with Gasteiger partial charge in [-0.15, -0.1) is 0 Å². The van der Waals surface area contributed by atoms with Gasteiger partial charge in [-0.05, 0) is 42.8 Å². The number of anilines is 2. The predicted molar refractivity (Wildman–Crippen MR) is 87.3 cm³/mol. The Bertz CT molecular complexity index is 726. The number of aryl methyl sites for hydroxylation is 1. The number of para-hydroxylation sites is 1. The highest BCUT2D eigenvalue weighted by Crippen LogP contribution is 2.24. The summed E-state index contributed by atoms with van der Waals surface area (Å²) in [5.41, 5.74) is 2.69. The van der Waals surface area contributed by atoms with E-state index in [4.69, 9.17) is 4.74 Å². The molecule has 2 aromatic rings. The normalized spacial score (nSPS) is 14.0. The van der Waals surface area contributed by atoms with Crippen molar-refractivity contribution in [3.63, 3.8) is 0 Å². The molecule has 1 N–H and O–H groups in total.